The number of esters is 1. The van der Waals surface area contributed by atoms with Crippen LogP contribution in [0.2, 0.25) is 0 Å². The van der Waals surface area contributed by atoms with E-state index in [0.29, 0.717) is 26.2 Å². The highest BCUT2D eigenvalue weighted by Crippen LogP contribution is 2.26. The lowest BCUT2D eigenvalue weighted by atomic mass is 10.1. The largest absolute Gasteiger partial charge is 0.465 e. The van der Waals surface area contributed by atoms with E-state index in [1.165, 1.54) is 0 Å². The molecule has 1 aliphatic rings. The van der Waals surface area contributed by atoms with Gasteiger partial charge in [-0.25, -0.2) is 13.2 Å². The second-order valence-corrected chi connectivity index (χ2v) is 5.27. The van der Waals surface area contributed by atoms with Gasteiger partial charge in [-0.1, -0.05) is 6.08 Å². The van der Waals surface area contributed by atoms with Crippen molar-refractivity contribution in [1.82, 2.24) is 10.2 Å². The van der Waals surface area contributed by atoms with Gasteiger partial charge < -0.3 is 10.1 Å². The zero-order valence-electron chi connectivity index (χ0n) is 12.8. The molecule has 7 heteroatoms. The molecule has 1 aromatic carbocycles. The van der Waals surface area contributed by atoms with Gasteiger partial charge in [0.2, 0.25) is 0 Å². The minimum atomic E-state index is -1.49. The number of nitrogens with zero attached hydrogens (tertiary/aromatic N) is 1. The molecule has 0 amide bonds. The number of carbonyl (C=O) groups excluding carboxylic acids is 1. The van der Waals surface area contributed by atoms with Crippen LogP contribution in [0.25, 0.3) is 0 Å². The maximum atomic E-state index is 13.4. The normalized spacial score (nSPS) is 20.9. The van der Waals surface area contributed by atoms with Gasteiger partial charge in [0, 0.05) is 25.7 Å². The molecular weight excluding hydrogens is 309 g/mol. The van der Waals surface area contributed by atoms with Gasteiger partial charge in [0.05, 0.1) is 6.61 Å². The fourth-order valence-electron chi connectivity index (χ4n) is 2.36. The van der Waals surface area contributed by atoms with Crippen LogP contribution in [0.5, 0.6) is 0 Å². The molecule has 0 saturated carbocycles. The van der Waals surface area contributed by atoms with Gasteiger partial charge in [-0.05, 0) is 24.6 Å². The summed E-state index contributed by atoms with van der Waals surface area (Å²) in [5.41, 5.74) is 0.276. The van der Waals surface area contributed by atoms with E-state index in [4.69, 9.17) is 4.74 Å². The molecule has 1 N–H and O–H groups in total. The van der Waals surface area contributed by atoms with Gasteiger partial charge in [0.15, 0.2) is 17.5 Å². The summed E-state index contributed by atoms with van der Waals surface area (Å²) in [6, 6.07) is 1.12. The van der Waals surface area contributed by atoms with Crippen molar-refractivity contribution in [2.75, 3.05) is 26.2 Å². The van der Waals surface area contributed by atoms with Gasteiger partial charge in [-0.15, -0.1) is 6.58 Å². The summed E-state index contributed by atoms with van der Waals surface area (Å²) < 4.78 is 44.9. The number of ether oxygens (including phenoxy) is 1. The van der Waals surface area contributed by atoms with Crippen molar-refractivity contribution in [3.05, 3.63) is 47.8 Å². The summed E-state index contributed by atoms with van der Waals surface area (Å²) in [5.74, 6) is -4.28. The fraction of sp³-hybridized carbons (Fsp3) is 0.438. The highest BCUT2D eigenvalue weighted by Gasteiger charge is 2.42. The van der Waals surface area contributed by atoms with Gasteiger partial charge in [0.1, 0.15) is 6.04 Å². The Hall–Kier alpha value is -1.86. The highest BCUT2D eigenvalue weighted by atomic mass is 19.2. The molecule has 23 heavy (non-hydrogen) atoms. The Morgan fingerprint density at radius 1 is 1.48 bits per heavy atom. The molecule has 1 saturated heterocycles. The Bertz CT molecular complexity index is 572. The van der Waals surface area contributed by atoms with Crippen molar-refractivity contribution in [3.8, 4) is 0 Å². The Balaban J connectivity index is 2.09. The third-order valence-electron chi connectivity index (χ3n) is 3.61. The van der Waals surface area contributed by atoms with Crippen LogP contribution in [0.15, 0.2) is 24.8 Å². The highest BCUT2D eigenvalue weighted by molar-refractivity contribution is 5.79. The minimum Gasteiger partial charge on any atom is -0.465 e. The van der Waals surface area contributed by atoms with Crippen LogP contribution in [0.1, 0.15) is 18.5 Å². The first-order valence-electron chi connectivity index (χ1n) is 7.37. The van der Waals surface area contributed by atoms with E-state index in [0.717, 1.165) is 12.1 Å². The van der Waals surface area contributed by atoms with Crippen molar-refractivity contribution >= 4 is 5.97 Å². The van der Waals surface area contributed by atoms with E-state index in [-0.39, 0.29) is 17.6 Å². The first kappa shape index (κ1) is 17.5. The number of benzene rings is 1. The first-order chi connectivity index (χ1) is 11.0. The molecule has 2 rings (SSSR count). The summed E-state index contributed by atoms with van der Waals surface area (Å²) in [6.07, 6.45) is 1.61. The molecule has 126 valence electrons. The molecule has 0 bridgehead atoms. The molecule has 1 fully saturated rings. The van der Waals surface area contributed by atoms with Crippen LogP contribution in [0, 0.1) is 17.5 Å². The molecule has 0 aromatic heterocycles. The number of hydrogen-bond donors (Lipinski definition) is 1. The standard InChI is InChI=1S/C16H19F3N2O2/c1-3-5-20-13(8-21-9-14(21)16(22)23-4-2)10-6-11(17)15(19)12(18)7-10/h3,6-7,13-14,20H,1,4-5,8-9H2,2H3/t13-,14-,21?/m0/s1. The Morgan fingerprint density at radius 2 is 2.13 bits per heavy atom. The minimum absolute atomic E-state index is 0.276. The summed E-state index contributed by atoms with van der Waals surface area (Å²) in [7, 11) is 0. The monoisotopic (exact) mass is 328 g/mol. The molecule has 0 spiro atoms. The summed E-state index contributed by atoms with van der Waals surface area (Å²) >= 11 is 0. The molecule has 3 atom stereocenters. The molecule has 0 radical (unpaired) electrons. The lowest BCUT2D eigenvalue weighted by Crippen LogP contribution is -2.30. The van der Waals surface area contributed by atoms with E-state index < -0.39 is 23.5 Å². The fourth-order valence-corrected chi connectivity index (χ4v) is 2.36. The lowest BCUT2D eigenvalue weighted by molar-refractivity contribution is -0.143. The van der Waals surface area contributed by atoms with Gasteiger partial charge in [-0.3, -0.25) is 9.69 Å². The third kappa shape index (κ3) is 4.33. The predicted octanol–water partition coefficient (Wildman–Crippen LogP) is 2.17. The van der Waals surface area contributed by atoms with Crippen LogP contribution in [0.3, 0.4) is 0 Å². The predicted molar refractivity (Wildman–Crippen MR) is 79.3 cm³/mol. The van der Waals surface area contributed by atoms with Gasteiger partial charge in [-0.2, -0.15) is 0 Å². The van der Waals surface area contributed by atoms with Crippen LogP contribution in [-0.2, 0) is 9.53 Å². The number of hydrogen-bond acceptors (Lipinski definition) is 4. The zero-order valence-corrected chi connectivity index (χ0v) is 12.8. The molecule has 1 aromatic rings. The quantitative estimate of drug-likeness (QED) is 0.344. The Morgan fingerprint density at radius 3 is 2.70 bits per heavy atom. The lowest BCUT2D eigenvalue weighted by Gasteiger charge is -2.20. The summed E-state index contributed by atoms with van der Waals surface area (Å²) in [6.45, 7) is 6.89. The maximum absolute atomic E-state index is 13.4. The number of halogens is 3. The van der Waals surface area contributed by atoms with Crippen LogP contribution >= 0.6 is 0 Å². The zero-order chi connectivity index (χ0) is 17.0. The molecule has 1 aliphatic heterocycles. The van der Waals surface area contributed by atoms with E-state index >= 15 is 0 Å². The van der Waals surface area contributed by atoms with Crippen molar-refractivity contribution in [1.29, 1.82) is 0 Å². The van der Waals surface area contributed by atoms with Crippen LogP contribution < -0.4 is 5.32 Å². The average Bonchev–Trinajstić information content (AvgIpc) is 3.28. The summed E-state index contributed by atoms with van der Waals surface area (Å²) in [4.78, 5) is 13.4. The first-order valence-corrected chi connectivity index (χ1v) is 7.37. The summed E-state index contributed by atoms with van der Waals surface area (Å²) in [5, 5.41) is 3.05. The number of carbonyl (C=O) groups is 1. The second-order valence-electron chi connectivity index (χ2n) is 5.27. The van der Waals surface area contributed by atoms with Crippen molar-refractivity contribution < 1.29 is 22.7 Å². The topological polar surface area (TPSA) is 41.3 Å². The molecule has 1 unspecified atom stereocenters. The number of rotatable bonds is 8. The van der Waals surface area contributed by atoms with Crippen molar-refractivity contribution in [2.24, 2.45) is 0 Å². The van der Waals surface area contributed by atoms with E-state index in [2.05, 4.69) is 11.9 Å². The average molecular weight is 328 g/mol. The van der Waals surface area contributed by atoms with Crippen molar-refractivity contribution in [3.63, 3.8) is 0 Å². The Kier molecular flexibility index (Phi) is 5.79. The second kappa shape index (κ2) is 7.61. The molecular formula is C16H19F3N2O2. The van der Waals surface area contributed by atoms with Crippen molar-refractivity contribution in [2.45, 2.75) is 19.0 Å². The Labute approximate surface area is 132 Å². The molecule has 1 heterocycles. The van der Waals surface area contributed by atoms with Gasteiger partial charge in [0.25, 0.3) is 0 Å². The van der Waals surface area contributed by atoms with Gasteiger partial charge >= 0.3 is 5.97 Å². The third-order valence-corrected chi connectivity index (χ3v) is 3.61. The SMILES string of the molecule is C=CCN[C@@H](CN1C[C@H]1C(=O)OCC)c1cc(F)c(F)c(F)c1. The maximum Gasteiger partial charge on any atom is 0.324 e. The van der Waals surface area contributed by atoms with Crippen LogP contribution in [-0.4, -0.2) is 43.2 Å². The van der Waals surface area contributed by atoms with Crippen LogP contribution in [0.4, 0.5) is 13.2 Å². The van der Waals surface area contributed by atoms with E-state index in [1.54, 1.807) is 13.0 Å². The number of nitrogens with one attached hydrogen (secondary N) is 1. The molecule has 4 nitrogen and oxygen atoms in total. The van der Waals surface area contributed by atoms with E-state index in [1.807, 2.05) is 4.90 Å². The molecule has 0 aliphatic carbocycles. The van der Waals surface area contributed by atoms with E-state index in [9.17, 15) is 18.0 Å². The smallest absolute Gasteiger partial charge is 0.324 e.